The third-order valence-electron chi connectivity index (χ3n) is 6.02. The summed E-state index contributed by atoms with van der Waals surface area (Å²) in [7, 11) is 1.67. The van der Waals surface area contributed by atoms with Crippen molar-refractivity contribution in [1.82, 2.24) is 10.6 Å². The predicted molar refractivity (Wildman–Crippen MR) is 137 cm³/mol. The average Bonchev–Trinajstić information content (AvgIpc) is 3.22. The van der Waals surface area contributed by atoms with E-state index in [9.17, 15) is 0 Å². The maximum Gasteiger partial charge on any atom is 0.166 e. The van der Waals surface area contributed by atoms with Gasteiger partial charge in [-0.15, -0.1) is 0 Å². The molecular weight excluding hydrogens is 463 g/mol. The van der Waals surface area contributed by atoms with Crippen molar-refractivity contribution in [2.45, 2.75) is 50.6 Å². The van der Waals surface area contributed by atoms with E-state index in [1.807, 2.05) is 29.3 Å². The standard InChI is InChI=1S/C24H28Cl2N4OS/c1-31-20-10-7-16(8-11-20)23-14-19(15-27-24(32)28-18-5-3-2-4-6-18)29-30(23)22-12-9-17(25)13-21(22)26/h7-13,18,23H,2-6,14-15H2,1H3,(H2,27,28,32). The summed E-state index contributed by atoms with van der Waals surface area (Å²) in [6.45, 7) is 0.590. The molecule has 1 aliphatic carbocycles. The van der Waals surface area contributed by atoms with E-state index in [2.05, 4.69) is 22.8 Å². The molecule has 1 unspecified atom stereocenters. The van der Waals surface area contributed by atoms with Crippen LogP contribution in [0.5, 0.6) is 5.75 Å². The molecule has 0 bridgehead atoms. The summed E-state index contributed by atoms with van der Waals surface area (Å²) in [5, 5.41) is 15.6. The molecule has 170 valence electrons. The second kappa shape index (κ2) is 10.7. The smallest absolute Gasteiger partial charge is 0.166 e. The van der Waals surface area contributed by atoms with Gasteiger partial charge in [-0.2, -0.15) is 5.10 Å². The molecule has 1 heterocycles. The SMILES string of the molecule is COc1ccc(C2CC(CNC(=S)NC3CCCCC3)=NN2c2ccc(Cl)cc2Cl)cc1. The number of halogens is 2. The van der Waals surface area contributed by atoms with E-state index in [0.29, 0.717) is 27.7 Å². The molecule has 5 nitrogen and oxygen atoms in total. The summed E-state index contributed by atoms with van der Waals surface area (Å²) in [4.78, 5) is 0. The van der Waals surface area contributed by atoms with E-state index < -0.39 is 0 Å². The van der Waals surface area contributed by atoms with Gasteiger partial charge in [-0.05, 0) is 61.0 Å². The Hall–Kier alpha value is -2.02. The highest BCUT2D eigenvalue weighted by Crippen LogP contribution is 2.39. The van der Waals surface area contributed by atoms with Crippen LogP contribution in [0.1, 0.15) is 50.1 Å². The van der Waals surface area contributed by atoms with Crippen molar-refractivity contribution in [1.29, 1.82) is 0 Å². The molecule has 0 radical (unpaired) electrons. The first-order chi connectivity index (χ1) is 15.5. The van der Waals surface area contributed by atoms with Gasteiger partial charge in [0.2, 0.25) is 0 Å². The normalized spacial score (nSPS) is 18.9. The number of ether oxygens (including phenoxy) is 1. The lowest BCUT2D eigenvalue weighted by molar-refractivity contribution is 0.412. The van der Waals surface area contributed by atoms with Gasteiger partial charge in [-0.25, -0.2) is 0 Å². The van der Waals surface area contributed by atoms with Crippen LogP contribution in [0.15, 0.2) is 47.6 Å². The van der Waals surface area contributed by atoms with Gasteiger partial charge in [-0.3, -0.25) is 5.01 Å². The van der Waals surface area contributed by atoms with E-state index in [4.69, 9.17) is 45.3 Å². The molecule has 1 fully saturated rings. The largest absolute Gasteiger partial charge is 0.497 e. The van der Waals surface area contributed by atoms with Crippen molar-refractivity contribution in [2.75, 3.05) is 18.7 Å². The van der Waals surface area contributed by atoms with Crippen LogP contribution in [0.3, 0.4) is 0 Å². The Morgan fingerprint density at radius 2 is 1.88 bits per heavy atom. The molecule has 0 aromatic heterocycles. The van der Waals surface area contributed by atoms with Gasteiger partial charge in [-0.1, -0.05) is 54.6 Å². The van der Waals surface area contributed by atoms with Crippen LogP contribution in [0.25, 0.3) is 0 Å². The molecule has 4 rings (SSSR count). The van der Waals surface area contributed by atoms with Gasteiger partial charge in [0, 0.05) is 17.5 Å². The highest BCUT2D eigenvalue weighted by atomic mass is 35.5. The Morgan fingerprint density at radius 3 is 2.56 bits per heavy atom. The lowest BCUT2D eigenvalue weighted by Gasteiger charge is -2.25. The summed E-state index contributed by atoms with van der Waals surface area (Å²) >= 11 is 18.2. The molecule has 2 aromatic carbocycles. The minimum Gasteiger partial charge on any atom is -0.497 e. The average molecular weight is 491 g/mol. The first kappa shape index (κ1) is 23.1. The number of rotatable bonds is 6. The fourth-order valence-corrected chi connectivity index (χ4v) is 5.05. The molecule has 0 saturated heterocycles. The highest BCUT2D eigenvalue weighted by Gasteiger charge is 2.30. The van der Waals surface area contributed by atoms with Crippen molar-refractivity contribution < 1.29 is 4.74 Å². The number of methoxy groups -OCH3 is 1. The molecule has 2 aliphatic rings. The number of hydrazone groups is 1. The van der Waals surface area contributed by atoms with Crippen LogP contribution in [0.2, 0.25) is 10.0 Å². The highest BCUT2D eigenvalue weighted by molar-refractivity contribution is 7.80. The first-order valence-electron chi connectivity index (χ1n) is 11.0. The van der Waals surface area contributed by atoms with E-state index in [0.717, 1.165) is 29.1 Å². The second-order valence-corrected chi connectivity index (χ2v) is 9.51. The summed E-state index contributed by atoms with van der Waals surface area (Å²) in [5.41, 5.74) is 2.98. The summed E-state index contributed by atoms with van der Waals surface area (Å²) in [5.74, 6) is 0.824. The van der Waals surface area contributed by atoms with Gasteiger partial charge in [0.25, 0.3) is 0 Å². The number of hydrogen-bond acceptors (Lipinski definition) is 4. The van der Waals surface area contributed by atoms with Gasteiger partial charge < -0.3 is 15.4 Å². The van der Waals surface area contributed by atoms with Crippen molar-refractivity contribution in [2.24, 2.45) is 5.10 Å². The first-order valence-corrected chi connectivity index (χ1v) is 12.2. The van der Waals surface area contributed by atoms with Crippen LogP contribution in [0.4, 0.5) is 5.69 Å². The van der Waals surface area contributed by atoms with Crippen molar-refractivity contribution in [3.05, 3.63) is 58.1 Å². The fourth-order valence-electron chi connectivity index (χ4n) is 4.32. The third-order valence-corrected chi connectivity index (χ3v) is 6.82. The zero-order valence-corrected chi connectivity index (χ0v) is 20.4. The lowest BCUT2D eigenvalue weighted by atomic mass is 9.96. The Balaban J connectivity index is 1.49. The summed E-state index contributed by atoms with van der Waals surface area (Å²) < 4.78 is 5.31. The molecule has 0 amide bonds. The molecule has 1 atom stereocenters. The van der Waals surface area contributed by atoms with Crippen molar-refractivity contribution >= 4 is 51.9 Å². The maximum atomic E-state index is 6.53. The van der Waals surface area contributed by atoms with E-state index in [-0.39, 0.29) is 6.04 Å². The Kier molecular flexibility index (Phi) is 7.76. The fraction of sp³-hybridized carbons (Fsp3) is 0.417. The molecule has 2 N–H and O–H groups in total. The Bertz CT molecular complexity index is 976. The third kappa shape index (κ3) is 5.66. The van der Waals surface area contributed by atoms with Gasteiger partial charge in [0.15, 0.2) is 5.11 Å². The van der Waals surface area contributed by atoms with Crippen molar-refractivity contribution in [3.8, 4) is 5.75 Å². The number of thiocarbonyl (C=S) groups is 1. The summed E-state index contributed by atoms with van der Waals surface area (Å²) in [6, 6.07) is 14.1. The minimum absolute atomic E-state index is 0.0243. The van der Waals surface area contributed by atoms with Crippen LogP contribution < -0.4 is 20.4 Å². The predicted octanol–water partition coefficient (Wildman–Crippen LogP) is 6.11. The number of nitrogens with zero attached hydrogens (tertiary/aromatic N) is 2. The topological polar surface area (TPSA) is 48.9 Å². The second-order valence-electron chi connectivity index (χ2n) is 8.26. The van der Waals surface area contributed by atoms with Gasteiger partial charge in [0.05, 0.1) is 36.1 Å². The summed E-state index contributed by atoms with van der Waals surface area (Å²) in [6.07, 6.45) is 7.01. The quantitative estimate of drug-likeness (QED) is 0.478. The molecule has 2 aromatic rings. The van der Waals surface area contributed by atoms with Gasteiger partial charge >= 0.3 is 0 Å². The van der Waals surface area contributed by atoms with Crippen LogP contribution >= 0.6 is 35.4 Å². The number of hydrogen-bond donors (Lipinski definition) is 2. The molecule has 32 heavy (non-hydrogen) atoms. The molecule has 1 saturated carbocycles. The van der Waals surface area contributed by atoms with Crippen molar-refractivity contribution in [3.63, 3.8) is 0 Å². The van der Waals surface area contributed by atoms with Crippen LogP contribution in [-0.4, -0.2) is 30.5 Å². The van der Waals surface area contributed by atoms with E-state index in [1.54, 1.807) is 13.2 Å². The zero-order chi connectivity index (χ0) is 22.5. The van der Waals surface area contributed by atoms with Gasteiger partial charge in [0.1, 0.15) is 5.75 Å². The molecule has 8 heteroatoms. The van der Waals surface area contributed by atoms with E-state index in [1.165, 1.54) is 32.1 Å². The number of anilines is 1. The van der Waals surface area contributed by atoms with E-state index >= 15 is 0 Å². The zero-order valence-electron chi connectivity index (χ0n) is 18.1. The Labute approximate surface area is 205 Å². The molecular formula is C24H28Cl2N4OS. The lowest BCUT2D eigenvalue weighted by Crippen LogP contribution is -2.44. The molecule has 0 spiro atoms. The van der Waals surface area contributed by atoms with Crippen LogP contribution in [-0.2, 0) is 0 Å². The van der Waals surface area contributed by atoms with Crippen LogP contribution in [0, 0.1) is 0 Å². The monoisotopic (exact) mass is 490 g/mol. The minimum atomic E-state index is 0.0243. The maximum absolute atomic E-state index is 6.53. The number of benzene rings is 2. The molecule has 1 aliphatic heterocycles. The number of nitrogens with one attached hydrogen (secondary N) is 2. The Morgan fingerprint density at radius 1 is 1.12 bits per heavy atom.